The summed E-state index contributed by atoms with van der Waals surface area (Å²) in [7, 11) is 0. The molecule has 7 heteroatoms. The first-order valence-electron chi connectivity index (χ1n) is 9.02. The van der Waals surface area contributed by atoms with Crippen LogP contribution in [0, 0.1) is 0 Å². The Labute approximate surface area is 188 Å². The van der Waals surface area contributed by atoms with Gasteiger partial charge in [-0.3, -0.25) is 9.59 Å². The number of nitrogens with zero attached hydrogens (tertiary/aromatic N) is 1. The fourth-order valence-corrected chi connectivity index (χ4v) is 4.07. The number of carbonyl (C=O) groups excluding carboxylic acids is 2. The van der Waals surface area contributed by atoms with Gasteiger partial charge >= 0.3 is 0 Å². The van der Waals surface area contributed by atoms with Crippen molar-refractivity contribution in [1.82, 2.24) is 0 Å². The Morgan fingerprint density at radius 2 is 1.60 bits per heavy atom. The second-order valence-electron chi connectivity index (χ2n) is 6.41. The van der Waals surface area contributed by atoms with E-state index in [4.69, 9.17) is 27.9 Å². The number of para-hydroxylation sites is 1. The molecule has 1 saturated heterocycles. The number of benzene rings is 3. The van der Waals surface area contributed by atoms with E-state index in [1.165, 1.54) is 0 Å². The van der Waals surface area contributed by atoms with Gasteiger partial charge in [-0.25, -0.2) is 4.90 Å². The van der Waals surface area contributed by atoms with E-state index < -0.39 is 0 Å². The summed E-state index contributed by atoms with van der Waals surface area (Å²) in [6, 6.07) is 21.3. The van der Waals surface area contributed by atoms with Gasteiger partial charge in [0.25, 0.3) is 11.1 Å². The van der Waals surface area contributed by atoms with Gasteiger partial charge in [0.15, 0.2) is 0 Å². The molecule has 0 unspecified atom stereocenters. The van der Waals surface area contributed by atoms with E-state index in [0.29, 0.717) is 32.0 Å². The average Bonchev–Trinajstić information content (AvgIpc) is 3.02. The number of halogens is 2. The van der Waals surface area contributed by atoms with Crippen molar-refractivity contribution in [3.63, 3.8) is 0 Å². The number of hydrogen-bond donors (Lipinski definition) is 0. The third-order valence-corrected chi connectivity index (χ3v) is 5.92. The summed E-state index contributed by atoms with van der Waals surface area (Å²) >= 11 is 13.0. The quantitative estimate of drug-likeness (QED) is 0.396. The van der Waals surface area contributed by atoms with Crippen LogP contribution in [0.3, 0.4) is 0 Å². The highest BCUT2D eigenvalue weighted by molar-refractivity contribution is 8.19. The largest absolute Gasteiger partial charge is 0.488 e. The molecule has 4 rings (SSSR count). The molecule has 0 aliphatic carbocycles. The number of rotatable bonds is 5. The minimum atomic E-state index is -0.381. The van der Waals surface area contributed by atoms with Crippen molar-refractivity contribution in [3.8, 4) is 5.75 Å². The fourth-order valence-electron chi connectivity index (χ4n) is 2.92. The molecule has 0 radical (unpaired) electrons. The maximum Gasteiger partial charge on any atom is 0.298 e. The Kier molecular flexibility index (Phi) is 6.13. The van der Waals surface area contributed by atoms with Crippen LogP contribution in [0.2, 0.25) is 10.0 Å². The van der Waals surface area contributed by atoms with Crippen LogP contribution in [0.4, 0.5) is 10.5 Å². The maximum atomic E-state index is 12.9. The van der Waals surface area contributed by atoms with Crippen molar-refractivity contribution in [2.24, 2.45) is 0 Å². The van der Waals surface area contributed by atoms with Crippen LogP contribution in [0.15, 0.2) is 77.7 Å². The summed E-state index contributed by atoms with van der Waals surface area (Å²) in [5.41, 5.74) is 2.04. The summed E-state index contributed by atoms with van der Waals surface area (Å²) in [5.74, 6) is 0.212. The highest BCUT2D eigenvalue weighted by Crippen LogP contribution is 2.37. The topological polar surface area (TPSA) is 46.6 Å². The summed E-state index contributed by atoms with van der Waals surface area (Å²) in [6.07, 6.45) is 1.67. The van der Waals surface area contributed by atoms with E-state index >= 15 is 0 Å². The smallest absolute Gasteiger partial charge is 0.298 e. The number of thioether (sulfide) groups is 1. The van der Waals surface area contributed by atoms with Gasteiger partial charge in [0.2, 0.25) is 0 Å². The lowest BCUT2D eigenvalue weighted by Gasteiger charge is -2.12. The average molecular weight is 456 g/mol. The standard InChI is InChI=1S/C23H15Cl2NO3S/c24-17-9-11-18(12-10-17)26-22(27)21(30-23(26)28)13-15-5-2-4-8-20(15)29-14-16-6-1-3-7-19(16)25/h1-13H,14H2. The normalized spacial score (nSPS) is 15.1. The third kappa shape index (κ3) is 4.38. The molecule has 30 heavy (non-hydrogen) atoms. The molecule has 0 bridgehead atoms. The lowest BCUT2D eigenvalue weighted by Crippen LogP contribution is -2.27. The van der Waals surface area contributed by atoms with Crippen molar-refractivity contribution >= 4 is 57.9 Å². The van der Waals surface area contributed by atoms with Gasteiger partial charge in [-0.2, -0.15) is 0 Å². The van der Waals surface area contributed by atoms with Crippen molar-refractivity contribution < 1.29 is 14.3 Å². The minimum Gasteiger partial charge on any atom is -0.488 e. The molecule has 1 fully saturated rings. The number of imide groups is 1. The third-order valence-electron chi connectivity index (χ3n) is 4.43. The molecule has 0 spiro atoms. The van der Waals surface area contributed by atoms with Crippen LogP contribution in [-0.2, 0) is 11.4 Å². The lowest BCUT2D eigenvalue weighted by molar-refractivity contribution is -0.113. The predicted octanol–water partition coefficient (Wildman–Crippen LogP) is 6.81. The van der Waals surface area contributed by atoms with E-state index in [2.05, 4.69) is 0 Å². The van der Waals surface area contributed by atoms with Crippen LogP contribution in [0.1, 0.15) is 11.1 Å². The van der Waals surface area contributed by atoms with Gasteiger partial charge in [-0.15, -0.1) is 0 Å². The van der Waals surface area contributed by atoms with Crippen molar-refractivity contribution in [2.45, 2.75) is 6.61 Å². The molecule has 1 heterocycles. The van der Waals surface area contributed by atoms with Gasteiger partial charge in [0, 0.05) is 21.2 Å². The number of carbonyl (C=O) groups is 2. The minimum absolute atomic E-state index is 0.288. The Bertz CT molecular complexity index is 1150. The van der Waals surface area contributed by atoms with E-state index in [1.807, 2.05) is 42.5 Å². The zero-order valence-electron chi connectivity index (χ0n) is 15.5. The molecular weight excluding hydrogens is 441 g/mol. The molecule has 0 atom stereocenters. The molecule has 1 aliphatic rings. The zero-order chi connectivity index (χ0) is 21.1. The molecule has 4 nitrogen and oxygen atoms in total. The van der Waals surface area contributed by atoms with E-state index in [9.17, 15) is 9.59 Å². The highest BCUT2D eigenvalue weighted by atomic mass is 35.5. The van der Waals surface area contributed by atoms with Gasteiger partial charge in [-0.1, -0.05) is 59.6 Å². The Morgan fingerprint density at radius 1 is 0.900 bits per heavy atom. The van der Waals surface area contributed by atoms with Crippen LogP contribution < -0.4 is 9.64 Å². The number of amides is 2. The Morgan fingerprint density at radius 3 is 2.37 bits per heavy atom. The summed E-state index contributed by atoms with van der Waals surface area (Å²) in [6.45, 7) is 0.288. The Balaban J connectivity index is 1.58. The Hall–Kier alpha value is -2.73. The van der Waals surface area contributed by atoms with Crippen molar-refractivity contribution in [2.75, 3.05) is 4.90 Å². The highest BCUT2D eigenvalue weighted by Gasteiger charge is 2.36. The molecule has 0 aromatic heterocycles. The van der Waals surface area contributed by atoms with Gasteiger partial charge in [0.05, 0.1) is 10.6 Å². The molecule has 0 N–H and O–H groups in total. The van der Waals surface area contributed by atoms with Crippen molar-refractivity contribution in [3.05, 3.63) is 98.9 Å². The number of anilines is 1. The fraction of sp³-hybridized carbons (Fsp3) is 0.0435. The second-order valence-corrected chi connectivity index (χ2v) is 8.25. The van der Waals surface area contributed by atoms with E-state index in [0.717, 1.165) is 22.2 Å². The predicted molar refractivity (Wildman–Crippen MR) is 122 cm³/mol. The monoisotopic (exact) mass is 455 g/mol. The van der Waals surface area contributed by atoms with Crippen LogP contribution in [0.25, 0.3) is 6.08 Å². The van der Waals surface area contributed by atoms with Crippen molar-refractivity contribution in [1.29, 1.82) is 0 Å². The molecular formula is C23H15Cl2NO3S. The van der Waals surface area contributed by atoms with Crippen LogP contribution in [0.5, 0.6) is 5.75 Å². The summed E-state index contributed by atoms with van der Waals surface area (Å²) in [4.78, 5) is 26.8. The van der Waals surface area contributed by atoms with E-state index in [1.54, 1.807) is 36.4 Å². The first kappa shape index (κ1) is 20.5. The molecule has 2 amide bonds. The summed E-state index contributed by atoms with van der Waals surface area (Å²) in [5, 5.41) is 0.799. The maximum absolute atomic E-state index is 12.9. The molecule has 150 valence electrons. The number of ether oxygens (including phenoxy) is 1. The van der Waals surface area contributed by atoms with Gasteiger partial charge in [-0.05, 0) is 54.2 Å². The summed E-state index contributed by atoms with van der Waals surface area (Å²) < 4.78 is 5.94. The number of hydrogen-bond acceptors (Lipinski definition) is 4. The van der Waals surface area contributed by atoms with Crippen LogP contribution >= 0.6 is 35.0 Å². The second kappa shape index (κ2) is 8.96. The molecule has 3 aromatic rings. The SMILES string of the molecule is O=C1SC(=Cc2ccccc2OCc2ccccc2Cl)C(=O)N1c1ccc(Cl)cc1. The van der Waals surface area contributed by atoms with Gasteiger partial charge < -0.3 is 4.74 Å². The van der Waals surface area contributed by atoms with E-state index in [-0.39, 0.29) is 17.8 Å². The molecule has 3 aromatic carbocycles. The van der Waals surface area contributed by atoms with Crippen LogP contribution in [-0.4, -0.2) is 11.1 Å². The van der Waals surface area contributed by atoms with Gasteiger partial charge in [0.1, 0.15) is 12.4 Å². The first-order chi connectivity index (χ1) is 14.5. The zero-order valence-corrected chi connectivity index (χ0v) is 17.9. The lowest BCUT2D eigenvalue weighted by atomic mass is 10.1. The first-order valence-corrected chi connectivity index (χ1v) is 10.6. The molecule has 1 aliphatic heterocycles. The molecule has 0 saturated carbocycles.